The van der Waals surface area contributed by atoms with E-state index in [1.165, 1.54) is 10.5 Å². The van der Waals surface area contributed by atoms with Crippen LogP contribution in [0.5, 0.6) is 0 Å². The van der Waals surface area contributed by atoms with Gasteiger partial charge in [-0.3, -0.25) is 4.79 Å². The Morgan fingerprint density at radius 1 is 1.10 bits per heavy atom. The largest absolute Gasteiger partial charge is 0.436 e. The van der Waals surface area contributed by atoms with Crippen LogP contribution in [-0.4, -0.2) is 33.0 Å². The molecule has 7 nitrogen and oxygen atoms in total. The minimum atomic E-state index is -0.183. The van der Waals surface area contributed by atoms with Crippen molar-refractivity contribution in [3.05, 3.63) is 77.6 Å². The van der Waals surface area contributed by atoms with Crippen molar-refractivity contribution in [1.29, 1.82) is 0 Å². The minimum absolute atomic E-state index is 0.183. The molecule has 4 aromatic rings. The summed E-state index contributed by atoms with van der Waals surface area (Å²) in [5.41, 5.74) is 3.23. The zero-order valence-electron chi connectivity index (χ0n) is 17.1. The Hall–Kier alpha value is -3.74. The summed E-state index contributed by atoms with van der Waals surface area (Å²) in [6.07, 6.45) is 2.35. The highest BCUT2D eigenvalue weighted by molar-refractivity contribution is 5.99. The van der Waals surface area contributed by atoms with E-state index in [0.29, 0.717) is 40.9 Å². The predicted molar refractivity (Wildman–Crippen MR) is 112 cm³/mol. The third kappa shape index (κ3) is 4.00. The zero-order chi connectivity index (χ0) is 21.1. The van der Waals surface area contributed by atoms with Gasteiger partial charge in [-0.25, -0.2) is 4.98 Å². The molecule has 0 saturated carbocycles. The maximum absolute atomic E-state index is 13.1. The highest BCUT2D eigenvalue weighted by Gasteiger charge is 2.21. The molecule has 2 aromatic heterocycles. The van der Waals surface area contributed by atoms with Gasteiger partial charge in [0.15, 0.2) is 11.6 Å². The fraction of sp³-hybridized carbons (Fsp3) is 0.217. The molecule has 30 heavy (non-hydrogen) atoms. The van der Waals surface area contributed by atoms with Gasteiger partial charge in [-0.1, -0.05) is 54.0 Å². The number of hydrogen-bond donors (Lipinski definition) is 0. The Kier molecular flexibility index (Phi) is 5.43. The molecule has 0 aliphatic heterocycles. The first-order chi connectivity index (χ1) is 14.5. The van der Waals surface area contributed by atoms with Gasteiger partial charge in [0.1, 0.15) is 0 Å². The fourth-order valence-corrected chi connectivity index (χ4v) is 3.08. The van der Waals surface area contributed by atoms with Crippen LogP contribution in [-0.2, 0) is 13.0 Å². The normalized spacial score (nSPS) is 10.9. The summed E-state index contributed by atoms with van der Waals surface area (Å²) in [5.74, 6) is 1.89. The predicted octanol–water partition coefficient (Wildman–Crippen LogP) is 4.53. The molecular weight excluding hydrogens is 380 g/mol. The van der Waals surface area contributed by atoms with Crippen molar-refractivity contribution in [3.8, 4) is 22.8 Å². The lowest BCUT2D eigenvalue weighted by Gasteiger charge is -2.16. The van der Waals surface area contributed by atoms with Crippen LogP contribution in [0.1, 0.15) is 34.6 Å². The number of oxazole rings is 1. The van der Waals surface area contributed by atoms with Crippen LogP contribution in [0, 0.1) is 6.92 Å². The minimum Gasteiger partial charge on any atom is -0.436 e. The second-order valence-corrected chi connectivity index (χ2v) is 7.06. The van der Waals surface area contributed by atoms with E-state index in [1.807, 2.05) is 56.3 Å². The van der Waals surface area contributed by atoms with Crippen molar-refractivity contribution in [2.45, 2.75) is 26.8 Å². The third-order valence-electron chi connectivity index (χ3n) is 4.78. The van der Waals surface area contributed by atoms with Crippen LogP contribution >= 0.6 is 0 Å². The highest BCUT2D eigenvalue weighted by atomic mass is 16.5. The molecule has 152 valence electrons. The van der Waals surface area contributed by atoms with Crippen molar-refractivity contribution < 1.29 is 13.7 Å². The number of rotatable bonds is 6. The van der Waals surface area contributed by atoms with Gasteiger partial charge in [-0.15, -0.1) is 0 Å². The van der Waals surface area contributed by atoms with Gasteiger partial charge < -0.3 is 13.8 Å². The fourth-order valence-electron chi connectivity index (χ4n) is 3.08. The van der Waals surface area contributed by atoms with Crippen molar-refractivity contribution in [2.75, 3.05) is 7.05 Å². The Bertz CT molecular complexity index is 1160. The van der Waals surface area contributed by atoms with E-state index in [0.717, 1.165) is 5.56 Å². The van der Waals surface area contributed by atoms with E-state index >= 15 is 0 Å². The number of carbonyl (C=O) groups excluding carboxylic acids is 1. The average Bonchev–Trinajstić information content (AvgIpc) is 3.43. The molecule has 0 bridgehead atoms. The van der Waals surface area contributed by atoms with E-state index in [-0.39, 0.29) is 12.5 Å². The van der Waals surface area contributed by atoms with Crippen LogP contribution in [0.3, 0.4) is 0 Å². The quantitative estimate of drug-likeness (QED) is 0.471. The number of benzene rings is 2. The summed E-state index contributed by atoms with van der Waals surface area (Å²) in [6.45, 7) is 4.20. The molecule has 0 atom stereocenters. The SMILES string of the molecule is CCc1noc(CN(C)C(=O)c2ccccc2-c2ncc(-c3ccc(C)cc3)o2)n1. The van der Waals surface area contributed by atoms with Gasteiger partial charge >= 0.3 is 0 Å². The van der Waals surface area contributed by atoms with Gasteiger partial charge in [-0.05, 0) is 19.1 Å². The van der Waals surface area contributed by atoms with Crippen molar-refractivity contribution in [1.82, 2.24) is 20.0 Å². The van der Waals surface area contributed by atoms with Crippen molar-refractivity contribution >= 4 is 5.91 Å². The molecule has 0 aliphatic rings. The molecule has 0 spiro atoms. The standard InChI is InChI=1S/C23H22N4O3/c1-4-20-25-21(30-26-20)14-27(3)23(28)18-8-6-5-7-17(18)22-24-13-19(29-22)16-11-9-15(2)10-12-16/h5-13H,4,14H2,1-3H3. The van der Waals surface area contributed by atoms with Gasteiger partial charge in [0, 0.05) is 24.6 Å². The molecule has 7 heteroatoms. The molecule has 2 heterocycles. The molecule has 2 aromatic carbocycles. The van der Waals surface area contributed by atoms with Crippen LogP contribution in [0.15, 0.2) is 63.7 Å². The number of hydrogen-bond acceptors (Lipinski definition) is 6. The smallest absolute Gasteiger partial charge is 0.254 e. The number of aromatic nitrogens is 3. The van der Waals surface area contributed by atoms with E-state index in [1.54, 1.807) is 19.3 Å². The third-order valence-corrected chi connectivity index (χ3v) is 4.78. The second kappa shape index (κ2) is 8.32. The number of aryl methyl sites for hydroxylation is 2. The number of amides is 1. The van der Waals surface area contributed by atoms with Crippen LogP contribution in [0.2, 0.25) is 0 Å². The van der Waals surface area contributed by atoms with Gasteiger partial charge in [0.2, 0.25) is 11.8 Å². The second-order valence-electron chi connectivity index (χ2n) is 7.06. The maximum Gasteiger partial charge on any atom is 0.254 e. The van der Waals surface area contributed by atoms with Crippen LogP contribution in [0.25, 0.3) is 22.8 Å². The van der Waals surface area contributed by atoms with E-state index in [2.05, 4.69) is 15.1 Å². The highest BCUT2D eigenvalue weighted by Crippen LogP contribution is 2.29. The summed E-state index contributed by atoms with van der Waals surface area (Å²) >= 11 is 0. The van der Waals surface area contributed by atoms with E-state index in [4.69, 9.17) is 8.94 Å². The molecule has 0 fully saturated rings. The van der Waals surface area contributed by atoms with Crippen LogP contribution < -0.4 is 0 Å². The lowest BCUT2D eigenvalue weighted by atomic mass is 10.1. The average molecular weight is 402 g/mol. The molecule has 1 amide bonds. The topological polar surface area (TPSA) is 85.3 Å². The van der Waals surface area contributed by atoms with Crippen molar-refractivity contribution in [2.24, 2.45) is 0 Å². The Morgan fingerprint density at radius 2 is 1.87 bits per heavy atom. The maximum atomic E-state index is 13.1. The summed E-state index contributed by atoms with van der Waals surface area (Å²) in [5, 5.41) is 3.87. The van der Waals surface area contributed by atoms with Crippen LogP contribution in [0.4, 0.5) is 0 Å². The molecule has 0 radical (unpaired) electrons. The lowest BCUT2D eigenvalue weighted by Crippen LogP contribution is -2.26. The molecular formula is C23H22N4O3. The lowest BCUT2D eigenvalue weighted by molar-refractivity contribution is 0.0770. The summed E-state index contributed by atoms with van der Waals surface area (Å²) < 4.78 is 11.2. The molecule has 0 N–H and O–H groups in total. The van der Waals surface area contributed by atoms with Gasteiger partial charge in [0.25, 0.3) is 5.91 Å². The summed E-state index contributed by atoms with van der Waals surface area (Å²) in [6, 6.07) is 15.3. The first-order valence-corrected chi connectivity index (χ1v) is 9.74. The molecule has 0 unspecified atom stereocenters. The summed E-state index contributed by atoms with van der Waals surface area (Å²) in [7, 11) is 1.70. The summed E-state index contributed by atoms with van der Waals surface area (Å²) in [4.78, 5) is 23.3. The molecule has 4 rings (SSSR count). The first kappa shape index (κ1) is 19.6. The Labute approximate surface area is 174 Å². The monoisotopic (exact) mass is 402 g/mol. The van der Waals surface area contributed by atoms with Crippen molar-refractivity contribution in [3.63, 3.8) is 0 Å². The molecule has 0 aliphatic carbocycles. The van der Waals surface area contributed by atoms with Gasteiger partial charge in [0.05, 0.1) is 18.3 Å². The molecule has 0 saturated heterocycles. The number of nitrogens with zero attached hydrogens (tertiary/aromatic N) is 4. The number of carbonyl (C=O) groups is 1. The first-order valence-electron chi connectivity index (χ1n) is 9.74. The van der Waals surface area contributed by atoms with E-state index in [9.17, 15) is 4.79 Å². The van der Waals surface area contributed by atoms with Gasteiger partial charge in [-0.2, -0.15) is 4.98 Å². The van der Waals surface area contributed by atoms with E-state index < -0.39 is 0 Å². The zero-order valence-corrected chi connectivity index (χ0v) is 17.1. The Balaban J connectivity index is 1.59. The Morgan fingerprint density at radius 3 is 2.60 bits per heavy atom.